The number of anilines is 1. The molecule has 0 radical (unpaired) electrons. The summed E-state index contributed by atoms with van der Waals surface area (Å²) in [4.78, 5) is 20.0. The molecule has 0 amide bonds. The number of alkyl halides is 1. The van der Waals surface area contributed by atoms with Crippen molar-refractivity contribution in [1.29, 1.82) is 0 Å². The van der Waals surface area contributed by atoms with Gasteiger partial charge in [0.1, 0.15) is 17.8 Å². The smallest absolute Gasteiger partial charge is 0.216 e. The predicted molar refractivity (Wildman–Crippen MR) is 78.1 cm³/mol. The van der Waals surface area contributed by atoms with E-state index in [4.69, 9.17) is 5.11 Å². The van der Waals surface area contributed by atoms with Gasteiger partial charge < -0.3 is 10.4 Å². The molecule has 2 aromatic rings. The summed E-state index contributed by atoms with van der Waals surface area (Å²) in [6.45, 7) is 1.80. The molecule has 0 aromatic carbocycles. The van der Waals surface area contributed by atoms with Crippen LogP contribution in [0.25, 0.3) is 0 Å². The van der Waals surface area contributed by atoms with Crippen LogP contribution >= 0.6 is 0 Å². The van der Waals surface area contributed by atoms with Crippen LogP contribution in [0.3, 0.4) is 0 Å². The van der Waals surface area contributed by atoms with E-state index in [0.717, 1.165) is 0 Å². The number of aromatic amines is 1. The average molecular weight is 307 g/mol. The fraction of sp³-hybridized carbons (Fsp3) is 0.429. The lowest BCUT2D eigenvalue weighted by molar-refractivity contribution is 0.103. The maximum atomic E-state index is 14.1. The number of hydrogen-bond donors (Lipinski definition) is 3. The predicted octanol–water partition coefficient (Wildman–Crippen LogP) is 1.55. The third kappa shape index (κ3) is 3.85. The fourth-order valence-electron chi connectivity index (χ4n) is 2.01. The molecule has 2 atom stereocenters. The van der Waals surface area contributed by atoms with Crippen LogP contribution in [0.1, 0.15) is 35.8 Å². The van der Waals surface area contributed by atoms with E-state index in [2.05, 4.69) is 25.5 Å². The van der Waals surface area contributed by atoms with Gasteiger partial charge in [0, 0.05) is 25.4 Å². The van der Waals surface area contributed by atoms with E-state index in [1.54, 1.807) is 0 Å². The zero-order chi connectivity index (χ0) is 15.9. The molecule has 0 aliphatic carbocycles. The molecule has 0 saturated carbocycles. The quantitative estimate of drug-likeness (QED) is 0.505. The largest absolute Gasteiger partial charge is 0.396 e. The van der Waals surface area contributed by atoms with Crippen LogP contribution in [0.4, 0.5) is 10.2 Å². The molecule has 2 rings (SSSR count). The van der Waals surface area contributed by atoms with Crippen LogP contribution in [0, 0.1) is 5.92 Å². The van der Waals surface area contributed by atoms with Crippen molar-refractivity contribution in [2.75, 3.05) is 11.9 Å². The third-order valence-corrected chi connectivity index (χ3v) is 3.37. The van der Waals surface area contributed by atoms with Crippen LogP contribution < -0.4 is 5.32 Å². The zero-order valence-corrected chi connectivity index (χ0v) is 12.2. The Labute approximate surface area is 127 Å². The third-order valence-electron chi connectivity index (χ3n) is 3.37. The van der Waals surface area contributed by atoms with Gasteiger partial charge in [0.25, 0.3) is 0 Å². The highest BCUT2D eigenvalue weighted by molar-refractivity contribution is 6.10. The minimum absolute atomic E-state index is 0.0810. The summed E-state index contributed by atoms with van der Waals surface area (Å²) < 4.78 is 14.1. The van der Waals surface area contributed by atoms with Crippen molar-refractivity contribution in [3.63, 3.8) is 0 Å². The van der Waals surface area contributed by atoms with Crippen molar-refractivity contribution < 1.29 is 14.3 Å². The number of carbonyl (C=O) groups is 1. The SMILES string of the molecule is CCC(CO)CC(F)Nc1ncncc1C(=O)c1ccn[nH]1. The van der Waals surface area contributed by atoms with E-state index in [-0.39, 0.29) is 41.8 Å². The number of aromatic nitrogens is 4. The maximum absolute atomic E-state index is 14.1. The highest BCUT2D eigenvalue weighted by Gasteiger charge is 2.20. The number of ketones is 1. The normalized spacial score (nSPS) is 13.6. The van der Waals surface area contributed by atoms with Crippen molar-refractivity contribution in [1.82, 2.24) is 20.2 Å². The first-order chi connectivity index (χ1) is 10.7. The summed E-state index contributed by atoms with van der Waals surface area (Å²) in [6, 6.07) is 1.52. The van der Waals surface area contributed by atoms with E-state index in [1.165, 1.54) is 24.8 Å². The van der Waals surface area contributed by atoms with Gasteiger partial charge in [-0.05, 0) is 12.0 Å². The van der Waals surface area contributed by atoms with Crippen molar-refractivity contribution in [2.24, 2.45) is 5.92 Å². The molecule has 2 unspecified atom stereocenters. The summed E-state index contributed by atoms with van der Waals surface area (Å²) in [6.07, 6.45) is 3.41. The number of nitrogens with zero attached hydrogens (tertiary/aromatic N) is 3. The number of aliphatic hydroxyl groups excluding tert-OH is 1. The van der Waals surface area contributed by atoms with E-state index in [1.807, 2.05) is 6.92 Å². The number of hydrogen-bond acceptors (Lipinski definition) is 6. The molecular formula is C14H18FN5O2. The first kappa shape index (κ1) is 16.0. The van der Waals surface area contributed by atoms with Crippen LogP contribution in [0.2, 0.25) is 0 Å². The van der Waals surface area contributed by atoms with Gasteiger partial charge >= 0.3 is 0 Å². The first-order valence-electron chi connectivity index (χ1n) is 7.01. The Kier molecular flexibility index (Phi) is 5.54. The minimum Gasteiger partial charge on any atom is -0.396 e. The molecule has 3 N–H and O–H groups in total. The minimum atomic E-state index is -1.42. The number of H-pyrrole nitrogens is 1. The number of aliphatic hydroxyl groups is 1. The second-order valence-electron chi connectivity index (χ2n) is 4.89. The number of carbonyl (C=O) groups excluding carboxylic acids is 1. The molecule has 118 valence electrons. The van der Waals surface area contributed by atoms with E-state index < -0.39 is 6.30 Å². The van der Waals surface area contributed by atoms with Crippen LogP contribution in [0.15, 0.2) is 24.8 Å². The van der Waals surface area contributed by atoms with Crippen LogP contribution in [0.5, 0.6) is 0 Å². The molecule has 2 heterocycles. The van der Waals surface area contributed by atoms with Gasteiger partial charge in [-0.15, -0.1) is 0 Å². The zero-order valence-electron chi connectivity index (χ0n) is 12.2. The van der Waals surface area contributed by atoms with Crippen LogP contribution in [-0.4, -0.2) is 44.0 Å². The molecule has 8 heteroatoms. The Bertz CT molecular complexity index is 601. The number of nitrogens with one attached hydrogen (secondary N) is 2. The molecule has 22 heavy (non-hydrogen) atoms. The van der Waals surface area contributed by atoms with Gasteiger partial charge in [0.05, 0.1) is 5.56 Å². The molecule has 0 fully saturated rings. The lowest BCUT2D eigenvalue weighted by Gasteiger charge is -2.17. The highest BCUT2D eigenvalue weighted by Crippen LogP contribution is 2.19. The number of rotatable bonds is 8. The Morgan fingerprint density at radius 1 is 1.55 bits per heavy atom. The molecule has 0 aliphatic rings. The summed E-state index contributed by atoms with van der Waals surface area (Å²) in [5, 5.41) is 18.0. The second kappa shape index (κ2) is 7.60. The Balaban J connectivity index is 2.13. The van der Waals surface area contributed by atoms with Crippen molar-refractivity contribution in [3.8, 4) is 0 Å². The van der Waals surface area contributed by atoms with Crippen molar-refractivity contribution in [2.45, 2.75) is 26.1 Å². The maximum Gasteiger partial charge on any atom is 0.216 e. The topological polar surface area (TPSA) is 104 Å². The van der Waals surface area contributed by atoms with Gasteiger partial charge in [-0.2, -0.15) is 5.10 Å². The van der Waals surface area contributed by atoms with Crippen LogP contribution in [-0.2, 0) is 0 Å². The average Bonchev–Trinajstić information content (AvgIpc) is 3.07. The lowest BCUT2D eigenvalue weighted by atomic mass is 10.0. The summed E-state index contributed by atoms with van der Waals surface area (Å²) in [7, 11) is 0. The van der Waals surface area contributed by atoms with Crippen molar-refractivity contribution in [3.05, 3.63) is 36.0 Å². The molecule has 7 nitrogen and oxygen atoms in total. The molecule has 2 aromatic heterocycles. The number of halogens is 1. The van der Waals surface area contributed by atoms with E-state index >= 15 is 0 Å². The Morgan fingerprint density at radius 2 is 2.36 bits per heavy atom. The lowest BCUT2D eigenvalue weighted by Crippen LogP contribution is -2.22. The molecule has 0 bridgehead atoms. The summed E-state index contributed by atoms with van der Waals surface area (Å²) in [5.41, 5.74) is 0.432. The highest BCUT2D eigenvalue weighted by atomic mass is 19.1. The molecular weight excluding hydrogens is 289 g/mol. The van der Waals surface area contributed by atoms with Gasteiger partial charge in [-0.25, -0.2) is 14.4 Å². The van der Waals surface area contributed by atoms with Gasteiger partial charge in [-0.3, -0.25) is 9.89 Å². The van der Waals surface area contributed by atoms with Crippen molar-refractivity contribution >= 4 is 11.6 Å². The Morgan fingerprint density at radius 3 is 3.00 bits per heavy atom. The van der Waals surface area contributed by atoms with Gasteiger partial charge in [0.15, 0.2) is 6.30 Å². The molecule has 0 saturated heterocycles. The van der Waals surface area contributed by atoms with E-state index in [9.17, 15) is 9.18 Å². The summed E-state index contributed by atoms with van der Waals surface area (Å²) >= 11 is 0. The fourth-order valence-corrected chi connectivity index (χ4v) is 2.01. The Hall–Kier alpha value is -2.35. The molecule has 0 spiro atoms. The standard InChI is InChI=1S/C14H18FN5O2/c1-2-9(7-21)5-12(15)19-14-10(6-16-8-17-14)13(22)11-3-4-18-20-11/h3-4,6,8-9,12,21H,2,5,7H2,1H3,(H,18,20)(H,16,17,19). The monoisotopic (exact) mass is 307 g/mol. The van der Waals surface area contributed by atoms with Gasteiger partial charge in [0.2, 0.25) is 5.78 Å². The van der Waals surface area contributed by atoms with Gasteiger partial charge in [-0.1, -0.05) is 13.3 Å². The molecule has 0 aliphatic heterocycles. The summed E-state index contributed by atoms with van der Waals surface area (Å²) in [5.74, 6) is -0.395. The van der Waals surface area contributed by atoms with E-state index in [0.29, 0.717) is 6.42 Å². The first-order valence-corrected chi connectivity index (χ1v) is 7.01. The second-order valence-corrected chi connectivity index (χ2v) is 4.89.